The van der Waals surface area contributed by atoms with Crippen LogP contribution < -0.4 is 0 Å². The molecule has 0 saturated heterocycles. The van der Waals surface area contributed by atoms with Gasteiger partial charge in [0, 0.05) is 17.7 Å². The van der Waals surface area contributed by atoms with Crippen molar-refractivity contribution in [1.82, 2.24) is 0 Å². The third-order valence-corrected chi connectivity index (χ3v) is 2.73. The van der Waals surface area contributed by atoms with E-state index in [1.54, 1.807) is 0 Å². The van der Waals surface area contributed by atoms with E-state index in [0.717, 1.165) is 0 Å². The van der Waals surface area contributed by atoms with Crippen LogP contribution in [0.5, 0.6) is 0 Å². The maximum Gasteiger partial charge on any atom is 0.269 e. The van der Waals surface area contributed by atoms with E-state index in [-0.39, 0.29) is 17.0 Å². The molecule has 0 heterocycles. The van der Waals surface area contributed by atoms with Crippen molar-refractivity contribution in [2.24, 2.45) is 0 Å². The molecule has 6 heteroatoms. The normalized spacial score (nSPS) is 13.2. The van der Waals surface area contributed by atoms with Gasteiger partial charge in [-0.05, 0) is 29.6 Å². The Morgan fingerprint density at radius 1 is 1.47 bits per heavy atom. The highest BCUT2D eigenvalue weighted by Gasteiger charge is 2.17. The minimum atomic E-state index is -1.09. The van der Waals surface area contributed by atoms with E-state index in [1.165, 1.54) is 36.2 Å². The number of aliphatic hydroxyl groups excluding tert-OH is 1. The molecule has 1 aromatic carbocycles. The molecule has 0 aliphatic rings. The van der Waals surface area contributed by atoms with E-state index < -0.39 is 11.0 Å². The minimum absolute atomic E-state index is 0.0619. The molecule has 1 unspecified atom stereocenters. The van der Waals surface area contributed by atoms with Crippen LogP contribution in [0.1, 0.15) is 18.6 Å². The lowest BCUT2D eigenvalue weighted by atomic mass is 10.0. The largest absolute Gasteiger partial charge is 0.384 e. The third-order valence-electron chi connectivity index (χ3n) is 2.24. The predicted molar refractivity (Wildman–Crippen MR) is 65.7 cm³/mol. The Bertz CT molecular complexity index is 467. The van der Waals surface area contributed by atoms with E-state index in [9.17, 15) is 20.0 Å². The van der Waals surface area contributed by atoms with Crippen LogP contribution >= 0.6 is 15.9 Å². The molecule has 90 valence electrons. The number of benzene rings is 1. The van der Waals surface area contributed by atoms with Crippen molar-refractivity contribution in [2.75, 3.05) is 0 Å². The van der Waals surface area contributed by atoms with Gasteiger partial charge in [-0.15, -0.1) is 0 Å². The number of Topliss-reactive ketones (excluding diaryl/α,β-unsaturated/α-hetero) is 1. The second-order valence-corrected chi connectivity index (χ2v) is 3.83. The topological polar surface area (TPSA) is 80.4 Å². The number of carbonyl (C=O) groups is 1. The molecule has 0 fully saturated rings. The first-order valence-corrected chi connectivity index (χ1v) is 5.62. The first-order chi connectivity index (χ1) is 7.97. The van der Waals surface area contributed by atoms with Crippen LogP contribution in [0.15, 0.2) is 34.8 Å². The van der Waals surface area contributed by atoms with Gasteiger partial charge in [0.05, 0.1) is 4.92 Å². The summed E-state index contributed by atoms with van der Waals surface area (Å²) in [6, 6.07) is 5.40. The molecule has 0 radical (unpaired) electrons. The monoisotopic (exact) mass is 299 g/mol. The van der Waals surface area contributed by atoms with E-state index in [0.29, 0.717) is 5.56 Å². The van der Waals surface area contributed by atoms with Crippen molar-refractivity contribution in [2.45, 2.75) is 13.0 Å². The summed E-state index contributed by atoms with van der Waals surface area (Å²) in [5.74, 6) is -0.271. The molecule has 1 N–H and O–H groups in total. The molecule has 0 aliphatic carbocycles. The molecule has 0 aliphatic heterocycles. The van der Waals surface area contributed by atoms with Crippen LogP contribution in [0.4, 0.5) is 5.69 Å². The number of nitrogens with zero attached hydrogens (tertiary/aromatic N) is 1. The van der Waals surface area contributed by atoms with Crippen molar-refractivity contribution in [1.29, 1.82) is 0 Å². The summed E-state index contributed by atoms with van der Waals surface area (Å²) in [5.41, 5.74) is 0.559. The van der Waals surface area contributed by atoms with Gasteiger partial charge in [-0.3, -0.25) is 14.9 Å². The third kappa shape index (κ3) is 3.21. The lowest BCUT2D eigenvalue weighted by Gasteiger charge is -2.11. The molecular formula is C11H10BrNO4. The molecule has 5 nitrogen and oxygen atoms in total. The number of nitro benzene ring substituents is 1. The van der Waals surface area contributed by atoms with Gasteiger partial charge in [0.15, 0.2) is 5.78 Å². The molecule has 1 rings (SSSR count). The highest BCUT2D eigenvalue weighted by molar-refractivity contribution is 9.11. The summed E-state index contributed by atoms with van der Waals surface area (Å²) in [6.45, 7) is 1.34. The number of halogens is 1. The SMILES string of the molecule is CC(=O)C(=CBr)C(O)c1ccc([N+](=O)[O-])cc1. The Balaban J connectivity index is 3.01. The smallest absolute Gasteiger partial charge is 0.269 e. The Morgan fingerprint density at radius 2 is 2.00 bits per heavy atom. The van der Waals surface area contributed by atoms with Crippen molar-refractivity contribution in [3.8, 4) is 0 Å². The summed E-state index contributed by atoms with van der Waals surface area (Å²) < 4.78 is 0. The number of aliphatic hydroxyl groups is 1. The van der Waals surface area contributed by atoms with Crippen LogP contribution in [-0.4, -0.2) is 15.8 Å². The average molecular weight is 300 g/mol. The van der Waals surface area contributed by atoms with E-state index >= 15 is 0 Å². The van der Waals surface area contributed by atoms with Gasteiger partial charge < -0.3 is 5.11 Å². The number of ketones is 1. The second-order valence-electron chi connectivity index (χ2n) is 3.37. The maximum absolute atomic E-state index is 11.2. The fraction of sp³-hybridized carbons (Fsp3) is 0.182. The van der Waals surface area contributed by atoms with E-state index in [4.69, 9.17) is 0 Å². The number of nitro groups is 1. The maximum atomic E-state index is 11.2. The lowest BCUT2D eigenvalue weighted by Crippen LogP contribution is -2.08. The minimum Gasteiger partial charge on any atom is -0.384 e. The standard InChI is InChI=1S/C11H10BrNO4/c1-7(14)10(6-12)11(15)8-2-4-9(5-3-8)13(16)17/h2-6,11,15H,1H3. The highest BCUT2D eigenvalue weighted by Crippen LogP contribution is 2.25. The van der Waals surface area contributed by atoms with Crippen molar-refractivity contribution < 1.29 is 14.8 Å². The zero-order valence-electron chi connectivity index (χ0n) is 8.96. The lowest BCUT2D eigenvalue weighted by molar-refractivity contribution is -0.384. The molecule has 0 amide bonds. The molecule has 0 saturated carbocycles. The zero-order chi connectivity index (χ0) is 13.0. The molecule has 0 bridgehead atoms. The molecular weight excluding hydrogens is 290 g/mol. The Morgan fingerprint density at radius 3 is 2.35 bits per heavy atom. The number of hydrogen-bond donors (Lipinski definition) is 1. The van der Waals surface area contributed by atoms with Crippen molar-refractivity contribution >= 4 is 27.4 Å². The number of carbonyl (C=O) groups excluding carboxylic acids is 1. The number of non-ortho nitro benzene ring substituents is 1. The summed E-state index contributed by atoms with van der Waals surface area (Å²) in [5, 5.41) is 20.3. The van der Waals surface area contributed by atoms with Gasteiger partial charge >= 0.3 is 0 Å². The average Bonchev–Trinajstić information content (AvgIpc) is 2.29. The first-order valence-electron chi connectivity index (χ1n) is 4.71. The number of rotatable bonds is 4. The van der Waals surface area contributed by atoms with Gasteiger partial charge in [0.2, 0.25) is 0 Å². The molecule has 0 spiro atoms. The second kappa shape index (κ2) is 5.70. The fourth-order valence-corrected chi connectivity index (χ4v) is 1.86. The quantitative estimate of drug-likeness (QED) is 0.526. The van der Waals surface area contributed by atoms with Crippen molar-refractivity contribution in [3.05, 3.63) is 50.5 Å². The molecule has 0 aromatic heterocycles. The zero-order valence-corrected chi connectivity index (χ0v) is 10.5. The van der Waals surface area contributed by atoms with Crippen LogP contribution in [0.2, 0.25) is 0 Å². The van der Waals surface area contributed by atoms with Gasteiger partial charge in [-0.1, -0.05) is 15.9 Å². The number of hydrogen-bond acceptors (Lipinski definition) is 4. The molecule has 17 heavy (non-hydrogen) atoms. The summed E-state index contributed by atoms with van der Waals surface area (Å²) in [7, 11) is 0. The first kappa shape index (κ1) is 13.5. The molecule has 1 aromatic rings. The van der Waals surface area contributed by atoms with E-state index in [1.807, 2.05) is 0 Å². The van der Waals surface area contributed by atoms with Gasteiger partial charge in [-0.25, -0.2) is 0 Å². The van der Waals surface area contributed by atoms with Gasteiger partial charge in [-0.2, -0.15) is 0 Å². The highest BCUT2D eigenvalue weighted by atomic mass is 79.9. The summed E-state index contributed by atoms with van der Waals surface area (Å²) >= 11 is 3.00. The van der Waals surface area contributed by atoms with Gasteiger partial charge in [0.25, 0.3) is 5.69 Å². The fourth-order valence-electron chi connectivity index (χ4n) is 1.29. The van der Waals surface area contributed by atoms with Crippen molar-refractivity contribution in [3.63, 3.8) is 0 Å². The van der Waals surface area contributed by atoms with Crippen LogP contribution in [0.25, 0.3) is 0 Å². The summed E-state index contributed by atoms with van der Waals surface area (Å²) in [6.07, 6.45) is -1.09. The van der Waals surface area contributed by atoms with E-state index in [2.05, 4.69) is 15.9 Å². The van der Waals surface area contributed by atoms with Gasteiger partial charge in [0.1, 0.15) is 6.10 Å². The summed E-state index contributed by atoms with van der Waals surface area (Å²) in [4.78, 5) is 22.5. The van der Waals surface area contributed by atoms with Crippen LogP contribution in [0, 0.1) is 10.1 Å². The van der Waals surface area contributed by atoms with Crippen LogP contribution in [0.3, 0.4) is 0 Å². The Hall–Kier alpha value is -1.53. The predicted octanol–water partition coefficient (Wildman–Crippen LogP) is 2.50. The van der Waals surface area contributed by atoms with Crippen LogP contribution in [-0.2, 0) is 4.79 Å². The Labute approximate surface area is 106 Å². The Kier molecular flexibility index (Phi) is 4.53. The molecule has 1 atom stereocenters.